The fraction of sp³-hybridized carbons (Fsp3) is 0.300. The maximum absolute atomic E-state index is 13.5. The van der Waals surface area contributed by atoms with Crippen molar-refractivity contribution in [3.8, 4) is 0 Å². The van der Waals surface area contributed by atoms with Crippen LogP contribution in [0.4, 0.5) is 8.78 Å². The molecule has 0 bridgehead atoms. The first-order valence-corrected chi connectivity index (χ1v) is 5.92. The van der Waals surface area contributed by atoms with Gasteiger partial charge in [-0.15, -0.1) is 0 Å². The monoisotopic (exact) mass is 311 g/mol. The van der Waals surface area contributed by atoms with Gasteiger partial charge >= 0.3 is 0 Å². The molecule has 6 heteroatoms. The van der Waals surface area contributed by atoms with Gasteiger partial charge in [0.05, 0.1) is 11.9 Å². The number of carbonyl (C=O) groups is 1. The summed E-state index contributed by atoms with van der Waals surface area (Å²) in [7, 11) is 0. The van der Waals surface area contributed by atoms with E-state index in [0.29, 0.717) is 5.02 Å². The zero-order valence-corrected chi connectivity index (χ0v) is 10.5. The number of benzene rings is 1. The first-order valence-electron chi connectivity index (χ1n) is 4.42. The number of hydrogen-bond donors (Lipinski definition) is 1. The lowest BCUT2D eigenvalue weighted by Gasteiger charge is -2.17. The minimum atomic E-state index is -3.09. The van der Waals surface area contributed by atoms with Crippen LogP contribution in [0.2, 0.25) is 5.02 Å². The smallest absolute Gasteiger partial charge is 0.290 e. The summed E-state index contributed by atoms with van der Waals surface area (Å²) in [6.07, 6.45) is 0. The van der Waals surface area contributed by atoms with Crippen molar-refractivity contribution in [1.82, 2.24) is 5.32 Å². The van der Waals surface area contributed by atoms with Crippen LogP contribution < -0.4 is 5.32 Å². The van der Waals surface area contributed by atoms with Crippen LogP contribution in [0.5, 0.6) is 0 Å². The molecule has 1 aromatic rings. The Bertz CT molecular complexity index is 370. The largest absolute Gasteiger partial charge is 0.349 e. The quantitative estimate of drug-likeness (QED) is 0.851. The minimum Gasteiger partial charge on any atom is -0.349 e. The molecule has 0 aliphatic carbocycles. The van der Waals surface area contributed by atoms with Gasteiger partial charge in [-0.3, -0.25) is 4.79 Å². The normalized spacial score (nSPS) is 11.2. The summed E-state index contributed by atoms with van der Waals surface area (Å²) in [5.41, 5.74) is -0.174. The molecule has 0 spiro atoms. The Morgan fingerprint density at radius 1 is 1.38 bits per heavy atom. The molecule has 88 valence electrons. The van der Waals surface area contributed by atoms with Gasteiger partial charge in [-0.05, 0) is 12.1 Å². The molecule has 1 amide bonds. The number of carbonyl (C=O) groups excluding carboxylic acids is 1. The maximum atomic E-state index is 13.5. The Kier molecular flexibility index (Phi) is 4.68. The first-order chi connectivity index (χ1) is 7.45. The molecule has 1 aromatic carbocycles. The van der Waals surface area contributed by atoms with Crippen molar-refractivity contribution in [1.29, 1.82) is 0 Å². The Morgan fingerprint density at radius 3 is 2.44 bits per heavy atom. The van der Waals surface area contributed by atoms with Gasteiger partial charge in [0, 0.05) is 10.6 Å². The Morgan fingerprint density at radius 2 is 1.94 bits per heavy atom. The lowest BCUT2D eigenvalue weighted by Crippen LogP contribution is -2.35. The lowest BCUT2D eigenvalue weighted by atomic mass is 10.1. The van der Waals surface area contributed by atoms with E-state index in [1.54, 1.807) is 0 Å². The van der Waals surface area contributed by atoms with Crippen LogP contribution in [0.25, 0.3) is 0 Å². The Balaban J connectivity index is 2.69. The van der Waals surface area contributed by atoms with Crippen LogP contribution in [0.1, 0.15) is 5.56 Å². The van der Waals surface area contributed by atoms with E-state index in [1.165, 1.54) is 24.3 Å². The van der Waals surface area contributed by atoms with Gasteiger partial charge in [-0.25, -0.2) is 0 Å². The first kappa shape index (κ1) is 13.4. The number of rotatable bonds is 4. The minimum absolute atomic E-state index is 0.00367. The summed E-state index contributed by atoms with van der Waals surface area (Å²) < 4.78 is 27.0. The van der Waals surface area contributed by atoms with Crippen molar-refractivity contribution in [2.24, 2.45) is 0 Å². The third kappa shape index (κ3) is 3.72. The van der Waals surface area contributed by atoms with E-state index in [0.717, 1.165) is 0 Å². The SMILES string of the molecule is O=C(CBr)NCC(F)(F)c1ccc(Cl)cc1. The second-order valence-corrected chi connectivity index (χ2v) is 4.12. The molecule has 16 heavy (non-hydrogen) atoms. The molecule has 0 aliphatic rings. The standard InChI is InChI=1S/C10H9BrClF2NO/c11-5-9(16)15-6-10(13,14)7-1-3-8(12)4-2-7/h1-4H,5-6H2,(H,15,16). The molecule has 1 rings (SSSR count). The average Bonchev–Trinajstić information content (AvgIpc) is 2.26. The zero-order valence-electron chi connectivity index (χ0n) is 8.14. The third-order valence-electron chi connectivity index (χ3n) is 1.90. The molecule has 0 aromatic heterocycles. The fourth-order valence-corrected chi connectivity index (χ4v) is 1.38. The van der Waals surface area contributed by atoms with E-state index in [4.69, 9.17) is 11.6 Å². The summed E-state index contributed by atoms with van der Waals surface area (Å²) in [6.45, 7) is -0.723. The molecule has 0 saturated heterocycles. The van der Waals surface area contributed by atoms with E-state index in [-0.39, 0.29) is 10.9 Å². The van der Waals surface area contributed by atoms with E-state index in [9.17, 15) is 13.6 Å². The van der Waals surface area contributed by atoms with Crippen LogP contribution >= 0.6 is 27.5 Å². The summed E-state index contributed by atoms with van der Waals surface area (Å²) in [4.78, 5) is 10.8. The van der Waals surface area contributed by atoms with E-state index in [2.05, 4.69) is 21.2 Å². The summed E-state index contributed by atoms with van der Waals surface area (Å²) in [5.74, 6) is -3.57. The number of alkyl halides is 3. The molecule has 0 atom stereocenters. The van der Waals surface area contributed by atoms with Gasteiger partial charge in [-0.1, -0.05) is 39.7 Å². The lowest BCUT2D eigenvalue weighted by molar-refractivity contribution is -0.120. The highest BCUT2D eigenvalue weighted by atomic mass is 79.9. The highest BCUT2D eigenvalue weighted by Gasteiger charge is 2.31. The summed E-state index contributed by atoms with van der Waals surface area (Å²) >= 11 is 8.46. The second-order valence-electron chi connectivity index (χ2n) is 3.12. The molecule has 0 unspecified atom stereocenters. The fourth-order valence-electron chi connectivity index (χ4n) is 1.05. The van der Waals surface area contributed by atoms with E-state index < -0.39 is 18.4 Å². The number of amides is 1. The maximum Gasteiger partial charge on any atom is 0.290 e. The zero-order chi connectivity index (χ0) is 12.2. The number of halogens is 4. The molecule has 0 heterocycles. The highest BCUT2D eigenvalue weighted by molar-refractivity contribution is 9.09. The van der Waals surface area contributed by atoms with Crippen molar-refractivity contribution >= 4 is 33.4 Å². The predicted molar refractivity (Wildman–Crippen MR) is 62.1 cm³/mol. The summed E-state index contributed by atoms with van der Waals surface area (Å²) in [6, 6.07) is 5.25. The van der Waals surface area contributed by atoms with Gasteiger partial charge < -0.3 is 5.32 Å². The molecule has 0 aliphatic heterocycles. The molecular formula is C10H9BrClF2NO. The number of hydrogen-bond acceptors (Lipinski definition) is 1. The second kappa shape index (κ2) is 5.59. The Hall–Kier alpha value is -0.680. The van der Waals surface area contributed by atoms with Gasteiger partial charge in [-0.2, -0.15) is 8.78 Å². The topological polar surface area (TPSA) is 29.1 Å². The predicted octanol–water partition coefficient (Wildman–Crippen LogP) is 2.94. The van der Waals surface area contributed by atoms with Gasteiger partial charge in [0.1, 0.15) is 0 Å². The van der Waals surface area contributed by atoms with Crippen LogP contribution in [-0.4, -0.2) is 17.8 Å². The van der Waals surface area contributed by atoms with Crippen LogP contribution in [0.15, 0.2) is 24.3 Å². The number of nitrogens with one attached hydrogen (secondary N) is 1. The molecule has 2 nitrogen and oxygen atoms in total. The van der Waals surface area contributed by atoms with E-state index >= 15 is 0 Å². The molecule has 0 radical (unpaired) electrons. The highest BCUT2D eigenvalue weighted by Crippen LogP contribution is 2.27. The van der Waals surface area contributed by atoms with E-state index in [1.807, 2.05) is 0 Å². The van der Waals surface area contributed by atoms with Crippen molar-refractivity contribution in [2.45, 2.75) is 5.92 Å². The molecule has 1 N–H and O–H groups in total. The Labute approximate surface area is 105 Å². The molecule has 0 fully saturated rings. The van der Waals surface area contributed by atoms with Crippen molar-refractivity contribution in [3.63, 3.8) is 0 Å². The van der Waals surface area contributed by atoms with Crippen LogP contribution in [-0.2, 0) is 10.7 Å². The summed E-state index contributed by atoms with van der Waals surface area (Å²) in [5, 5.41) is 2.51. The van der Waals surface area contributed by atoms with Crippen LogP contribution in [0.3, 0.4) is 0 Å². The van der Waals surface area contributed by atoms with Gasteiger partial charge in [0.15, 0.2) is 0 Å². The van der Waals surface area contributed by atoms with Crippen LogP contribution in [0, 0.1) is 0 Å². The third-order valence-corrected chi connectivity index (χ3v) is 2.66. The van der Waals surface area contributed by atoms with Crippen molar-refractivity contribution < 1.29 is 13.6 Å². The molecular weight excluding hydrogens is 303 g/mol. The molecule has 0 saturated carbocycles. The van der Waals surface area contributed by atoms with Crippen molar-refractivity contribution in [3.05, 3.63) is 34.9 Å². The van der Waals surface area contributed by atoms with Gasteiger partial charge in [0.2, 0.25) is 5.91 Å². The van der Waals surface area contributed by atoms with Gasteiger partial charge in [0.25, 0.3) is 5.92 Å². The average molecular weight is 313 g/mol. The van der Waals surface area contributed by atoms with Crippen molar-refractivity contribution in [2.75, 3.05) is 11.9 Å².